The van der Waals surface area contributed by atoms with E-state index in [1.165, 1.54) is 12.1 Å². The third kappa shape index (κ3) is 4.98. The van der Waals surface area contributed by atoms with Gasteiger partial charge in [-0.3, -0.25) is 24.8 Å². The highest BCUT2D eigenvalue weighted by Crippen LogP contribution is 2.35. The number of carbonyl (C=O) groups is 1. The molecule has 40 heavy (non-hydrogen) atoms. The number of aromatic amines is 2. The molecule has 0 fully saturated rings. The molecule has 5 heterocycles. The SMILES string of the molecule is CC(C)(C)CC(=O)Nc1cncc(-c2cc3c(-c4cc5c(-c6cc(O)cc(F)c6)nccc5[nH]4)n[nH]c3cn2)c1. The molecule has 1 amide bonds. The van der Waals surface area contributed by atoms with Crippen molar-refractivity contribution in [2.75, 3.05) is 5.32 Å². The van der Waals surface area contributed by atoms with Gasteiger partial charge in [0.1, 0.15) is 17.3 Å². The van der Waals surface area contributed by atoms with Crippen LogP contribution in [0, 0.1) is 11.2 Å². The third-order valence-corrected chi connectivity index (χ3v) is 6.42. The van der Waals surface area contributed by atoms with Crippen molar-refractivity contribution in [2.24, 2.45) is 5.41 Å². The zero-order chi connectivity index (χ0) is 28.0. The first-order valence-corrected chi connectivity index (χ1v) is 12.7. The third-order valence-electron chi connectivity index (χ3n) is 6.42. The van der Waals surface area contributed by atoms with E-state index < -0.39 is 5.82 Å². The van der Waals surface area contributed by atoms with Gasteiger partial charge < -0.3 is 15.4 Å². The summed E-state index contributed by atoms with van der Waals surface area (Å²) in [4.78, 5) is 29.1. The van der Waals surface area contributed by atoms with Gasteiger partial charge in [-0.1, -0.05) is 20.8 Å². The summed E-state index contributed by atoms with van der Waals surface area (Å²) in [6.07, 6.45) is 7.03. The number of phenolic OH excluding ortho intramolecular Hbond substituents is 1. The van der Waals surface area contributed by atoms with Crippen LogP contribution in [0.3, 0.4) is 0 Å². The van der Waals surface area contributed by atoms with Crippen LogP contribution in [0.1, 0.15) is 27.2 Å². The number of hydrogen-bond donors (Lipinski definition) is 4. The van der Waals surface area contributed by atoms with Gasteiger partial charge in [0.2, 0.25) is 5.91 Å². The molecule has 0 saturated heterocycles. The molecule has 0 saturated carbocycles. The quantitative estimate of drug-likeness (QED) is 0.201. The van der Waals surface area contributed by atoms with Crippen molar-refractivity contribution in [1.29, 1.82) is 0 Å². The highest BCUT2D eigenvalue weighted by Gasteiger charge is 2.18. The standard InChI is InChI=1S/C30H26FN7O2/c1-30(2,3)12-27(40)35-19-7-17(13-32-14-19)24-10-22-26(15-34-24)37-38-29(22)25-11-21-23(36-25)4-5-33-28(21)16-6-18(31)9-20(39)8-16/h4-11,13-15,36,39H,12H2,1-3H3,(H,35,40)(H,37,38). The summed E-state index contributed by atoms with van der Waals surface area (Å²) in [5.74, 6) is -0.793. The first-order valence-electron chi connectivity index (χ1n) is 12.7. The van der Waals surface area contributed by atoms with E-state index in [1.807, 2.05) is 45.0 Å². The molecule has 0 aliphatic heterocycles. The number of rotatable bonds is 5. The minimum Gasteiger partial charge on any atom is -0.508 e. The zero-order valence-corrected chi connectivity index (χ0v) is 22.1. The minimum atomic E-state index is -0.546. The Balaban J connectivity index is 1.37. The lowest BCUT2D eigenvalue weighted by Gasteiger charge is -2.17. The van der Waals surface area contributed by atoms with E-state index in [-0.39, 0.29) is 17.1 Å². The number of phenols is 1. The van der Waals surface area contributed by atoms with Crippen molar-refractivity contribution in [3.8, 4) is 39.7 Å². The van der Waals surface area contributed by atoms with Gasteiger partial charge in [-0.05, 0) is 41.8 Å². The van der Waals surface area contributed by atoms with Crippen molar-refractivity contribution in [3.05, 3.63) is 73.1 Å². The second-order valence-corrected chi connectivity index (χ2v) is 10.9. The molecule has 6 aromatic rings. The fraction of sp³-hybridized carbons (Fsp3) is 0.167. The number of H-pyrrole nitrogens is 2. The van der Waals surface area contributed by atoms with Crippen molar-refractivity contribution in [1.82, 2.24) is 30.1 Å². The summed E-state index contributed by atoms with van der Waals surface area (Å²) in [6.45, 7) is 6.04. The zero-order valence-electron chi connectivity index (χ0n) is 22.1. The van der Waals surface area contributed by atoms with E-state index in [1.54, 1.807) is 24.8 Å². The van der Waals surface area contributed by atoms with Crippen LogP contribution in [0.25, 0.3) is 55.7 Å². The highest BCUT2D eigenvalue weighted by atomic mass is 19.1. The van der Waals surface area contributed by atoms with Gasteiger partial charge in [-0.15, -0.1) is 0 Å². The number of pyridine rings is 3. The second-order valence-electron chi connectivity index (χ2n) is 10.9. The Bertz CT molecular complexity index is 1880. The lowest BCUT2D eigenvalue weighted by Crippen LogP contribution is -2.19. The average molecular weight is 536 g/mol. The molecular weight excluding hydrogens is 509 g/mol. The van der Waals surface area contributed by atoms with Crippen molar-refractivity contribution < 1.29 is 14.3 Å². The summed E-state index contributed by atoms with van der Waals surface area (Å²) < 4.78 is 14.0. The Kier molecular flexibility index (Phi) is 6.02. The molecule has 0 aliphatic carbocycles. The number of amides is 1. The maximum absolute atomic E-state index is 14.0. The minimum absolute atomic E-state index is 0.0758. The number of anilines is 1. The predicted octanol–water partition coefficient (Wildman–Crippen LogP) is 6.45. The fourth-order valence-electron chi connectivity index (χ4n) is 4.74. The first-order chi connectivity index (χ1) is 19.1. The topological polar surface area (TPSA) is 132 Å². The number of benzene rings is 1. The number of nitrogens with one attached hydrogen (secondary N) is 3. The van der Waals surface area contributed by atoms with Gasteiger partial charge in [0, 0.05) is 52.3 Å². The van der Waals surface area contributed by atoms with Crippen LogP contribution in [0.15, 0.2) is 67.3 Å². The number of aromatic hydroxyl groups is 1. The summed E-state index contributed by atoms with van der Waals surface area (Å²) >= 11 is 0. The summed E-state index contributed by atoms with van der Waals surface area (Å²) in [5, 5.41) is 22.0. The number of carbonyl (C=O) groups excluding carboxylic acids is 1. The molecule has 1 aromatic carbocycles. The molecule has 5 aromatic heterocycles. The Morgan fingerprint density at radius 3 is 2.58 bits per heavy atom. The molecule has 0 aliphatic rings. The average Bonchev–Trinajstić information content (AvgIpc) is 3.50. The molecule has 0 spiro atoms. The molecule has 10 heteroatoms. The summed E-state index contributed by atoms with van der Waals surface area (Å²) in [6, 6.07) is 11.4. The van der Waals surface area contributed by atoms with E-state index >= 15 is 0 Å². The van der Waals surface area contributed by atoms with E-state index in [4.69, 9.17) is 0 Å². The summed E-state index contributed by atoms with van der Waals surface area (Å²) in [7, 11) is 0. The molecule has 200 valence electrons. The Morgan fingerprint density at radius 1 is 0.950 bits per heavy atom. The molecule has 4 N–H and O–H groups in total. The normalized spacial score (nSPS) is 11.8. The van der Waals surface area contributed by atoms with E-state index in [2.05, 4.69) is 35.5 Å². The lowest BCUT2D eigenvalue weighted by atomic mass is 9.92. The number of hydrogen-bond acceptors (Lipinski definition) is 6. The molecule has 0 atom stereocenters. The van der Waals surface area contributed by atoms with Gasteiger partial charge in [0.15, 0.2) is 0 Å². The number of aromatic nitrogens is 6. The largest absolute Gasteiger partial charge is 0.508 e. The van der Waals surface area contributed by atoms with Crippen LogP contribution in [-0.2, 0) is 4.79 Å². The summed E-state index contributed by atoms with van der Waals surface area (Å²) in [5.41, 5.74) is 5.82. The predicted molar refractivity (Wildman–Crippen MR) is 152 cm³/mol. The van der Waals surface area contributed by atoms with E-state index in [9.17, 15) is 14.3 Å². The molecule has 6 rings (SSSR count). The Morgan fingerprint density at radius 2 is 1.77 bits per heavy atom. The first kappa shape index (κ1) is 25.2. The highest BCUT2D eigenvalue weighted by molar-refractivity contribution is 6.00. The van der Waals surface area contributed by atoms with Crippen LogP contribution in [-0.4, -0.2) is 41.1 Å². The smallest absolute Gasteiger partial charge is 0.224 e. The number of halogens is 1. The van der Waals surface area contributed by atoms with Crippen molar-refractivity contribution in [2.45, 2.75) is 27.2 Å². The van der Waals surface area contributed by atoms with Crippen LogP contribution in [0.2, 0.25) is 0 Å². The Hall–Kier alpha value is -5.12. The molecule has 9 nitrogen and oxygen atoms in total. The second kappa shape index (κ2) is 9.57. The molecular formula is C30H26FN7O2. The van der Waals surface area contributed by atoms with E-state index in [0.29, 0.717) is 34.8 Å². The Labute approximate surface area is 228 Å². The molecule has 0 radical (unpaired) electrons. The molecule has 0 bridgehead atoms. The number of fused-ring (bicyclic) bond motifs is 2. The van der Waals surface area contributed by atoms with Gasteiger partial charge in [-0.25, -0.2) is 4.39 Å². The van der Waals surface area contributed by atoms with Crippen LogP contribution in [0.5, 0.6) is 5.75 Å². The van der Waals surface area contributed by atoms with Crippen LogP contribution >= 0.6 is 0 Å². The lowest BCUT2D eigenvalue weighted by molar-refractivity contribution is -0.117. The monoisotopic (exact) mass is 535 g/mol. The van der Waals surface area contributed by atoms with Gasteiger partial charge in [-0.2, -0.15) is 5.10 Å². The van der Waals surface area contributed by atoms with Gasteiger partial charge in [0.05, 0.1) is 40.7 Å². The maximum Gasteiger partial charge on any atom is 0.224 e. The maximum atomic E-state index is 14.0. The van der Waals surface area contributed by atoms with Crippen molar-refractivity contribution >= 4 is 33.4 Å². The molecule has 0 unspecified atom stereocenters. The van der Waals surface area contributed by atoms with Crippen molar-refractivity contribution in [3.63, 3.8) is 0 Å². The number of nitrogens with zero attached hydrogens (tertiary/aromatic N) is 4. The van der Waals surface area contributed by atoms with Gasteiger partial charge in [0.25, 0.3) is 0 Å². The fourth-order valence-corrected chi connectivity index (χ4v) is 4.74. The van der Waals surface area contributed by atoms with Crippen LogP contribution < -0.4 is 5.32 Å². The van der Waals surface area contributed by atoms with E-state index in [0.717, 1.165) is 39.1 Å². The van der Waals surface area contributed by atoms with Gasteiger partial charge >= 0.3 is 0 Å². The van der Waals surface area contributed by atoms with Crippen LogP contribution in [0.4, 0.5) is 10.1 Å².